The van der Waals surface area contributed by atoms with Crippen LogP contribution in [0.2, 0.25) is 5.02 Å². The molecular formula is C10H16Cl2N2O3S. The molecule has 1 rings (SSSR count). The lowest BCUT2D eigenvalue weighted by Gasteiger charge is -2.14. The summed E-state index contributed by atoms with van der Waals surface area (Å²) in [6, 6.07) is 4.05. The number of hydrogen-bond acceptors (Lipinski definition) is 4. The summed E-state index contributed by atoms with van der Waals surface area (Å²) in [6.07, 6.45) is 0. The van der Waals surface area contributed by atoms with Gasteiger partial charge in [0.05, 0.1) is 7.11 Å². The number of halogens is 2. The molecule has 0 radical (unpaired) electrons. The molecule has 0 aliphatic carbocycles. The van der Waals surface area contributed by atoms with Crippen molar-refractivity contribution in [1.82, 2.24) is 4.72 Å². The largest absolute Gasteiger partial charge is 0.495 e. The van der Waals surface area contributed by atoms with Gasteiger partial charge in [-0.2, -0.15) is 0 Å². The molecule has 0 aliphatic heterocycles. The van der Waals surface area contributed by atoms with Gasteiger partial charge in [0.15, 0.2) is 0 Å². The molecule has 0 aliphatic rings. The number of nitrogens with one attached hydrogen (secondary N) is 1. The Balaban J connectivity index is 0.00000289. The molecule has 0 aromatic heterocycles. The first-order valence-corrected chi connectivity index (χ1v) is 6.82. The van der Waals surface area contributed by atoms with Crippen molar-refractivity contribution in [2.75, 3.05) is 13.7 Å². The molecule has 5 nitrogen and oxygen atoms in total. The predicted molar refractivity (Wildman–Crippen MR) is 74.1 cm³/mol. The zero-order valence-electron chi connectivity index (χ0n) is 10.0. The molecule has 1 aromatic carbocycles. The van der Waals surface area contributed by atoms with Crippen molar-refractivity contribution in [1.29, 1.82) is 0 Å². The lowest BCUT2D eigenvalue weighted by Crippen LogP contribution is -2.37. The highest BCUT2D eigenvalue weighted by Crippen LogP contribution is 2.26. The molecule has 0 heterocycles. The summed E-state index contributed by atoms with van der Waals surface area (Å²) in [5.41, 5.74) is 5.37. The van der Waals surface area contributed by atoms with Crippen LogP contribution in [0, 0.1) is 0 Å². The number of benzene rings is 1. The number of ether oxygens (including phenoxy) is 1. The average Bonchev–Trinajstić information content (AvgIpc) is 2.28. The lowest BCUT2D eigenvalue weighted by atomic mass is 10.3. The molecule has 3 N–H and O–H groups in total. The third-order valence-electron chi connectivity index (χ3n) is 2.13. The van der Waals surface area contributed by atoms with Crippen LogP contribution in [-0.4, -0.2) is 28.1 Å². The van der Waals surface area contributed by atoms with Gasteiger partial charge in [-0.1, -0.05) is 11.6 Å². The van der Waals surface area contributed by atoms with Crippen LogP contribution in [0.25, 0.3) is 0 Å². The van der Waals surface area contributed by atoms with Crippen molar-refractivity contribution in [2.24, 2.45) is 5.73 Å². The van der Waals surface area contributed by atoms with E-state index >= 15 is 0 Å². The molecule has 18 heavy (non-hydrogen) atoms. The van der Waals surface area contributed by atoms with Gasteiger partial charge in [0.25, 0.3) is 0 Å². The Kier molecular flexibility index (Phi) is 6.94. The second-order valence-electron chi connectivity index (χ2n) is 3.55. The summed E-state index contributed by atoms with van der Waals surface area (Å²) in [4.78, 5) is 0.00722. The first kappa shape index (κ1) is 17.5. The fraction of sp³-hybridized carbons (Fsp3) is 0.400. The molecule has 104 valence electrons. The van der Waals surface area contributed by atoms with Crippen LogP contribution in [-0.2, 0) is 10.0 Å². The Labute approximate surface area is 118 Å². The summed E-state index contributed by atoms with van der Waals surface area (Å²) < 4.78 is 31.5. The van der Waals surface area contributed by atoms with E-state index in [0.29, 0.717) is 5.02 Å². The Bertz CT molecular complexity index is 494. The fourth-order valence-electron chi connectivity index (χ4n) is 1.24. The topological polar surface area (TPSA) is 81.4 Å². The molecule has 1 aromatic rings. The van der Waals surface area contributed by atoms with Gasteiger partial charge in [-0.25, -0.2) is 13.1 Å². The van der Waals surface area contributed by atoms with E-state index < -0.39 is 10.0 Å². The zero-order valence-corrected chi connectivity index (χ0v) is 12.4. The molecule has 1 atom stereocenters. The molecule has 0 unspecified atom stereocenters. The zero-order chi connectivity index (χ0) is 13.1. The maximum atomic E-state index is 12.0. The van der Waals surface area contributed by atoms with Crippen molar-refractivity contribution in [3.05, 3.63) is 23.2 Å². The average molecular weight is 315 g/mol. The molecule has 0 saturated heterocycles. The van der Waals surface area contributed by atoms with Crippen molar-refractivity contribution >= 4 is 34.0 Å². The summed E-state index contributed by atoms with van der Waals surface area (Å²) in [6.45, 7) is 1.89. The molecule has 0 bridgehead atoms. The van der Waals surface area contributed by atoms with Crippen molar-refractivity contribution in [3.8, 4) is 5.75 Å². The fourth-order valence-corrected chi connectivity index (χ4v) is 2.93. The van der Waals surface area contributed by atoms with E-state index in [1.54, 1.807) is 13.0 Å². The number of methoxy groups -OCH3 is 1. The predicted octanol–water partition coefficient (Wildman–Crippen LogP) is 1.40. The highest BCUT2D eigenvalue weighted by atomic mass is 35.5. The van der Waals surface area contributed by atoms with Crippen LogP contribution in [0.4, 0.5) is 0 Å². The Morgan fingerprint density at radius 3 is 2.61 bits per heavy atom. The van der Waals surface area contributed by atoms with Gasteiger partial charge in [0.1, 0.15) is 10.6 Å². The van der Waals surface area contributed by atoms with Gasteiger partial charge in [0, 0.05) is 17.6 Å². The molecular weight excluding hydrogens is 299 g/mol. The SMILES string of the molecule is COc1ccc(Cl)cc1S(=O)(=O)N[C@@H](C)CN.Cl. The minimum Gasteiger partial charge on any atom is -0.495 e. The number of hydrogen-bond donors (Lipinski definition) is 2. The first-order chi connectivity index (χ1) is 7.90. The summed E-state index contributed by atoms with van der Waals surface area (Å²) in [7, 11) is -2.28. The van der Waals surface area contributed by atoms with E-state index in [-0.39, 0.29) is 35.6 Å². The Morgan fingerprint density at radius 1 is 1.50 bits per heavy atom. The lowest BCUT2D eigenvalue weighted by molar-refractivity contribution is 0.402. The molecule has 8 heteroatoms. The Morgan fingerprint density at radius 2 is 2.11 bits per heavy atom. The van der Waals surface area contributed by atoms with Crippen molar-refractivity contribution in [2.45, 2.75) is 17.9 Å². The van der Waals surface area contributed by atoms with Gasteiger partial charge in [-0.3, -0.25) is 0 Å². The standard InChI is InChI=1S/C10H15ClN2O3S.ClH/c1-7(6-12)13-17(14,15)10-5-8(11)3-4-9(10)16-2;/h3-5,7,13H,6,12H2,1-2H3;1H/t7-;/m0./s1. The Hall–Kier alpha value is -0.530. The van der Waals surface area contributed by atoms with E-state index in [9.17, 15) is 8.42 Å². The third-order valence-corrected chi connectivity index (χ3v) is 3.97. The van der Waals surface area contributed by atoms with Gasteiger partial charge in [0.2, 0.25) is 10.0 Å². The third kappa shape index (κ3) is 4.29. The summed E-state index contributed by atoms with van der Waals surface area (Å²) in [5.74, 6) is 0.242. The summed E-state index contributed by atoms with van der Waals surface area (Å²) >= 11 is 5.78. The smallest absolute Gasteiger partial charge is 0.244 e. The molecule has 0 saturated carbocycles. The van der Waals surface area contributed by atoms with Crippen LogP contribution < -0.4 is 15.2 Å². The van der Waals surface area contributed by atoms with Gasteiger partial charge in [-0.15, -0.1) is 12.4 Å². The van der Waals surface area contributed by atoms with Crippen LogP contribution in [0.5, 0.6) is 5.75 Å². The quantitative estimate of drug-likeness (QED) is 0.860. The van der Waals surface area contributed by atoms with E-state index in [0.717, 1.165) is 0 Å². The van der Waals surface area contributed by atoms with Gasteiger partial charge < -0.3 is 10.5 Å². The minimum atomic E-state index is -3.68. The van der Waals surface area contributed by atoms with Crippen LogP contribution >= 0.6 is 24.0 Å². The highest BCUT2D eigenvalue weighted by Gasteiger charge is 2.21. The van der Waals surface area contributed by atoms with Crippen LogP contribution in [0.3, 0.4) is 0 Å². The van der Waals surface area contributed by atoms with Crippen LogP contribution in [0.15, 0.2) is 23.1 Å². The second kappa shape index (κ2) is 7.16. The first-order valence-electron chi connectivity index (χ1n) is 4.96. The van der Waals surface area contributed by atoms with E-state index in [4.69, 9.17) is 22.1 Å². The van der Waals surface area contributed by atoms with Gasteiger partial charge >= 0.3 is 0 Å². The van der Waals surface area contributed by atoms with E-state index in [2.05, 4.69) is 4.72 Å². The molecule has 0 fully saturated rings. The molecule has 0 amide bonds. The van der Waals surface area contributed by atoms with Crippen LogP contribution in [0.1, 0.15) is 6.92 Å². The normalized spacial score (nSPS) is 12.7. The van der Waals surface area contributed by atoms with E-state index in [1.807, 2.05) is 0 Å². The highest BCUT2D eigenvalue weighted by molar-refractivity contribution is 7.89. The van der Waals surface area contributed by atoms with Gasteiger partial charge in [-0.05, 0) is 25.1 Å². The van der Waals surface area contributed by atoms with E-state index in [1.165, 1.54) is 19.2 Å². The number of rotatable bonds is 5. The summed E-state index contributed by atoms with van der Waals surface area (Å²) in [5, 5.41) is 0.326. The monoisotopic (exact) mass is 314 g/mol. The maximum absolute atomic E-state index is 12.0. The molecule has 0 spiro atoms. The second-order valence-corrected chi connectivity index (χ2v) is 5.67. The number of sulfonamides is 1. The minimum absolute atomic E-state index is 0. The number of nitrogens with two attached hydrogens (primary N) is 1. The van der Waals surface area contributed by atoms with Crippen molar-refractivity contribution in [3.63, 3.8) is 0 Å². The van der Waals surface area contributed by atoms with Crippen molar-refractivity contribution < 1.29 is 13.2 Å². The maximum Gasteiger partial charge on any atom is 0.244 e.